The van der Waals surface area contributed by atoms with Gasteiger partial charge in [0.1, 0.15) is 11.4 Å². The SMILES string of the molecule is C[C@@H](NC(=O)c1cn(C2(C(F)(F)F)CC2)c(=O)cc1NC1[C@H]2CN(C)C[C@@H]12)c1cccc(C(F)(F)F)c1F. The van der Waals surface area contributed by atoms with Gasteiger partial charge in [-0.25, -0.2) is 4.39 Å². The number of likely N-dealkylation sites (tertiary alicyclic amines) is 1. The van der Waals surface area contributed by atoms with Crippen LogP contribution in [0.5, 0.6) is 0 Å². The standard InChI is InChI=1S/C25H25F7N4O2/c1-12(13-4-3-5-17(20(13)26)24(27,28)29)33-22(38)16-11-36(23(6-7-23)25(30,31)32)19(37)8-18(16)34-21-14-9-35(2)10-15(14)21/h3-5,8,11-12,14-15,21,34H,6-7,9-10H2,1-2H3,(H,33,38)/t12-,14-,15+,21?/m1/s1. The summed E-state index contributed by atoms with van der Waals surface area (Å²) in [4.78, 5) is 28.2. The zero-order chi connectivity index (χ0) is 27.8. The van der Waals surface area contributed by atoms with Crippen LogP contribution >= 0.6 is 0 Å². The summed E-state index contributed by atoms with van der Waals surface area (Å²) in [7, 11) is 1.95. The van der Waals surface area contributed by atoms with Crippen LogP contribution in [0, 0.1) is 17.7 Å². The minimum absolute atomic E-state index is 0.0282. The van der Waals surface area contributed by atoms with Crippen molar-refractivity contribution in [2.45, 2.75) is 49.7 Å². The van der Waals surface area contributed by atoms with Crippen molar-refractivity contribution in [1.82, 2.24) is 14.8 Å². The van der Waals surface area contributed by atoms with Gasteiger partial charge in [-0.15, -0.1) is 0 Å². The fourth-order valence-electron chi connectivity index (χ4n) is 5.53. The number of halogens is 7. The zero-order valence-corrected chi connectivity index (χ0v) is 20.4. The third kappa shape index (κ3) is 4.44. The Morgan fingerprint density at radius 3 is 2.29 bits per heavy atom. The molecule has 2 saturated carbocycles. The van der Waals surface area contributed by atoms with Gasteiger partial charge in [0.25, 0.3) is 11.5 Å². The maximum Gasteiger partial charge on any atom is 0.419 e. The molecule has 2 aliphatic carbocycles. The summed E-state index contributed by atoms with van der Waals surface area (Å²) >= 11 is 0. The number of benzene rings is 1. The predicted molar refractivity (Wildman–Crippen MR) is 123 cm³/mol. The number of pyridine rings is 1. The van der Waals surface area contributed by atoms with Gasteiger partial charge < -0.3 is 15.5 Å². The summed E-state index contributed by atoms with van der Waals surface area (Å²) in [6.45, 7) is 2.83. The molecule has 1 aromatic heterocycles. The summed E-state index contributed by atoms with van der Waals surface area (Å²) < 4.78 is 96.0. The first kappa shape index (κ1) is 26.5. The van der Waals surface area contributed by atoms with Crippen LogP contribution in [0.15, 0.2) is 35.3 Å². The quantitative estimate of drug-likeness (QED) is 0.523. The largest absolute Gasteiger partial charge is 0.419 e. The molecular weight excluding hydrogens is 521 g/mol. The number of nitrogens with zero attached hydrogens (tertiary/aromatic N) is 2. The number of alkyl halides is 6. The summed E-state index contributed by atoms with van der Waals surface area (Å²) in [6, 6.07) is 2.27. The fraction of sp³-hybridized carbons (Fsp3) is 0.520. The lowest BCUT2D eigenvalue weighted by atomic mass is 10.0. The lowest BCUT2D eigenvalue weighted by Crippen LogP contribution is -2.42. The van der Waals surface area contributed by atoms with E-state index in [1.54, 1.807) is 0 Å². The molecule has 13 heteroatoms. The lowest BCUT2D eigenvalue weighted by molar-refractivity contribution is -0.180. The number of hydrogen-bond donors (Lipinski definition) is 2. The van der Waals surface area contributed by atoms with Crippen LogP contribution in [0.4, 0.5) is 36.4 Å². The Morgan fingerprint density at radius 2 is 1.74 bits per heavy atom. The average molecular weight is 546 g/mol. The Morgan fingerprint density at radius 1 is 1.11 bits per heavy atom. The van der Waals surface area contributed by atoms with Crippen LogP contribution in [0.2, 0.25) is 0 Å². The number of carbonyl (C=O) groups excluding carboxylic acids is 1. The number of fused-ring (bicyclic) bond motifs is 1. The van der Waals surface area contributed by atoms with Crippen molar-refractivity contribution < 1.29 is 35.5 Å². The van der Waals surface area contributed by atoms with Crippen molar-refractivity contribution in [2.24, 2.45) is 11.8 Å². The van der Waals surface area contributed by atoms with Gasteiger partial charge in [0.05, 0.1) is 22.9 Å². The molecule has 3 fully saturated rings. The minimum atomic E-state index is -4.96. The first-order valence-corrected chi connectivity index (χ1v) is 12.1. The van der Waals surface area contributed by atoms with E-state index in [0.717, 1.165) is 37.5 Å². The van der Waals surface area contributed by atoms with E-state index in [1.807, 2.05) is 7.05 Å². The second-order valence-electron chi connectivity index (χ2n) is 10.5. The van der Waals surface area contributed by atoms with E-state index < -0.39 is 52.3 Å². The molecule has 6 nitrogen and oxygen atoms in total. The second-order valence-corrected chi connectivity index (χ2v) is 10.5. The Kier molecular flexibility index (Phi) is 6.08. The number of hydrogen-bond acceptors (Lipinski definition) is 4. The van der Waals surface area contributed by atoms with Crippen molar-refractivity contribution in [3.63, 3.8) is 0 Å². The molecule has 2 N–H and O–H groups in total. The van der Waals surface area contributed by atoms with Gasteiger partial charge in [0, 0.05) is 37.0 Å². The molecule has 0 bridgehead atoms. The molecule has 3 aliphatic rings. The third-order valence-corrected chi connectivity index (χ3v) is 7.86. The molecule has 1 aromatic carbocycles. The van der Waals surface area contributed by atoms with Gasteiger partial charge >= 0.3 is 12.4 Å². The first-order valence-electron chi connectivity index (χ1n) is 12.1. The van der Waals surface area contributed by atoms with Gasteiger partial charge in [-0.05, 0) is 44.7 Å². The normalized spacial score (nSPS) is 25.0. The van der Waals surface area contributed by atoms with Crippen molar-refractivity contribution in [1.29, 1.82) is 0 Å². The number of carbonyl (C=O) groups is 1. The van der Waals surface area contributed by atoms with Gasteiger partial charge in [-0.2, -0.15) is 26.3 Å². The molecule has 1 saturated heterocycles. The van der Waals surface area contributed by atoms with E-state index >= 15 is 0 Å². The monoisotopic (exact) mass is 546 g/mol. The molecule has 2 aromatic rings. The molecule has 38 heavy (non-hydrogen) atoms. The van der Waals surface area contributed by atoms with Crippen molar-refractivity contribution in [3.8, 4) is 0 Å². The van der Waals surface area contributed by atoms with Gasteiger partial charge in [0.15, 0.2) is 0 Å². The first-order chi connectivity index (χ1) is 17.6. The van der Waals surface area contributed by atoms with Crippen molar-refractivity contribution in [3.05, 3.63) is 63.3 Å². The molecule has 1 unspecified atom stereocenters. The zero-order valence-electron chi connectivity index (χ0n) is 20.4. The molecule has 206 valence electrons. The van der Waals surface area contributed by atoms with Crippen LogP contribution in [0.25, 0.3) is 0 Å². The van der Waals surface area contributed by atoms with E-state index in [4.69, 9.17) is 0 Å². The van der Waals surface area contributed by atoms with E-state index in [2.05, 4.69) is 15.5 Å². The molecular formula is C25H25F7N4O2. The predicted octanol–water partition coefficient (Wildman–Crippen LogP) is 4.52. The molecule has 0 spiro atoms. The number of rotatable bonds is 6. The highest BCUT2D eigenvalue weighted by Gasteiger charge is 2.65. The second kappa shape index (κ2) is 8.72. The summed E-state index contributed by atoms with van der Waals surface area (Å²) in [6.07, 6.45) is -9.49. The molecule has 5 rings (SSSR count). The molecule has 4 atom stereocenters. The Bertz CT molecular complexity index is 1320. The number of nitrogens with one attached hydrogen (secondary N) is 2. The third-order valence-electron chi connectivity index (χ3n) is 7.86. The smallest absolute Gasteiger partial charge is 0.381 e. The number of amides is 1. The topological polar surface area (TPSA) is 66.4 Å². The molecule has 1 amide bonds. The number of piperidine rings is 1. The summed E-state index contributed by atoms with van der Waals surface area (Å²) in [5.74, 6) is -2.01. The number of anilines is 1. The summed E-state index contributed by atoms with van der Waals surface area (Å²) in [5.41, 5.74) is -5.55. The van der Waals surface area contributed by atoms with E-state index in [0.29, 0.717) is 10.6 Å². The maximum atomic E-state index is 14.6. The van der Waals surface area contributed by atoms with Crippen LogP contribution in [0.1, 0.15) is 47.3 Å². The maximum absolute atomic E-state index is 14.6. The highest BCUT2D eigenvalue weighted by Crippen LogP contribution is 2.55. The summed E-state index contributed by atoms with van der Waals surface area (Å²) in [5, 5.41) is 5.50. The Labute approximate surface area is 212 Å². The van der Waals surface area contributed by atoms with E-state index in [1.165, 1.54) is 6.92 Å². The van der Waals surface area contributed by atoms with Crippen molar-refractivity contribution >= 4 is 11.6 Å². The minimum Gasteiger partial charge on any atom is -0.381 e. The highest BCUT2D eigenvalue weighted by atomic mass is 19.4. The Balaban J connectivity index is 1.48. The molecule has 2 heterocycles. The van der Waals surface area contributed by atoms with Gasteiger partial charge in [-0.1, -0.05) is 12.1 Å². The Hall–Kier alpha value is -3.09. The lowest BCUT2D eigenvalue weighted by Gasteiger charge is -2.25. The molecule has 1 aliphatic heterocycles. The van der Waals surface area contributed by atoms with Crippen molar-refractivity contribution in [2.75, 3.05) is 25.5 Å². The number of aromatic nitrogens is 1. The van der Waals surface area contributed by atoms with E-state index in [-0.39, 0.29) is 42.0 Å². The van der Waals surface area contributed by atoms with Crippen LogP contribution in [-0.4, -0.2) is 47.7 Å². The highest BCUT2D eigenvalue weighted by molar-refractivity contribution is 5.99. The van der Waals surface area contributed by atoms with Crippen LogP contribution < -0.4 is 16.2 Å². The molecule has 0 radical (unpaired) electrons. The fourth-order valence-corrected chi connectivity index (χ4v) is 5.53. The average Bonchev–Trinajstić information content (AvgIpc) is 3.69. The van der Waals surface area contributed by atoms with E-state index in [9.17, 15) is 40.3 Å². The van der Waals surface area contributed by atoms with Crippen LogP contribution in [0.3, 0.4) is 0 Å². The van der Waals surface area contributed by atoms with Gasteiger partial charge in [0.2, 0.25) is 0 Å². The van der Waals surface area contributed by atoms with Gasteiger partial charge in [-0.3, -0.25) is 14.2 Å². The van der Waals surface area contributed by atoms with Crippen LogP contribution in [-0.2, 0) is 11.7 Å².